The van der Waals surface area contributed by atoms with Crippen LogP contribution in [0.15, 0.2) is 207 Å². The summed E-state index contributed by atoms with van der Waals surface area (Å²) in [5.41, 5.74) is 17.1. The number of pyridine rings is 1. The SMILES string of the molecule is CC1C=C(c2c3c(cc4c(-c5ccccc5)nc5ccccc5c24)oc2ccccc23)C(C)C(c2cc(-c3ccc4oc5ccccc5c4c3)cc(-c3ccc4oc5ccccc5c4c3)c2)C1. The van der Waals surface area contributed by atoms with Crippen molar-refractivity contribution in [2.45, 2.75) is 26.2 Å². The molecule has 13 aromatic rings. The molecule has 1 aliphatic rings. The molecular weight excluding hydrogens is 819 g/mol. The van der Waals surface area contributed by atoms with Crippen LogP contribution in [0.4, 0.5) is 0 Å². The summed E-state index contributed by atoms with van der Waals surface area (Å²) in [6, 6.07) is 67.4. The van der Waals surface area contributed by atoms with Crippen molar-refractivity contribution >= 4 is 93.1 Å². The third-order valence-electron chi connectivity index (χ3n) is 14.7. The molecule has 1 aliphatic carbocycles. The van der Waals surface area contributed by atoms with Gasteiger partial charge in [0.1, 0.15) is 33.5 Å². The molecular formula is C63H43NO3. The summed E-state index contributed by atoms with van der Waals surface area (Å²) >= 11 is 0. The summed E-state index contributed by atoms with van der Waals surface area (Å²) in [7, 11) is 0. The van der Waals surface area contributed by atoms with E-state index in [0.29, 0.717) is 5.92 Å². The van der Waals surface area contributed by atoms with Crippen molar-refractivity contribution in [2.75, 3.05) is 0 Å². The number of hydrogen-bond acceptors (Lipinski definition) is 4. The van der Waals surface area contributed by atoms with E-state index in [0.717, 1.165) is 106 Å². The molecule has 0 spiro atoms. The van der Waals surface area contributed by atoms with Gasteiger partial charge in [-0.3, -0.25) is 0 Å². The van der Waals surface area contributed by atoms with E-state index in [1.165, 1.54) is 38.6 Å². The largest absolute Gasteiger partial charge is 0.456 e. The van der Waals surface area contributed by atoms with Gasteiger partial charge in [0.2, 0.25) is 0 Å². The molecule has 4 heteroatoms. The van der Waals surface area contributed by atoms with E-state index in [9.17, 15) is 0 Å². The molecule has 0 saturated heterocycles. The lowest BCUT2D eigenvalue weighted by molar-refractivity contribution is 0.443. The van der Waals surface area contributed by atoms with Gasteiger partial charge in [0.05, 0.1) is 11.2 Å². The quantitative estimate of drug-likeness (QED) is 0.162. The summed E-state index contributed by atoms with van der Waals surface area (Å²) in [5.74, 6) is 0.654. The zero-order chi connectivity index (χ0) is 44.3. The van der Waals surface area contributed by atoms with Crippen LogP contribution >= 0.6 is 0 Å². The number of aromatic nitrogens is 1. The molecule has 0 fully saturated rings. The normalized spacial score (nSPS) is 16.7. The van der Waals surface area contributed by atoms with Crippen molar-refractivity contribution in [2.24, 2.45) is 11.8 Å². The second-order valence-corrected chi connectivity index (χ2v) is 18.7. The molecule has 318 valence electrons. The van der Waals surface area contributed by atoms with Crippen molar-refractivity contribution in [3.63, 3.8) is 0 Å². The highest BCUT2D eigenvalue weighted by Crippen LogP contribution is 2.52. The van der Waals surface area contributed by atoms with Crippen LogP contribution in [0.5, 0.6) is 0 Å². The number of allylic oxidation sites excluding steroid dienone is 2. The average Bonchev–Trinajstić information content (AvgIpc) is 4.07. The van der Waals surface area contributed by atoms with Crippen LogP contribution in [0.2, 0.25) is 0 Å². The van der Waals surface area contributed by atoms with Gasteiger partial charge in [0.25, 0.3) is 0 Å². The highest BCUT2D eigenvalue weighted by atomic mass is 16.3. The van der Waals surface area contributed by atoms with E-state index < -0.39 is 0 Å². The summed E-state index contributed by atoms with van der Waals surface area (Å²) in [6.07, 6.45) is 3.58. The molecule has 0 amide bonds. The van der Waals surface area contributed by atoms with Gasteiger partial charge in [-0.2, -0.15) is 0 Å². The van der Waals surface area contributed by atoms with E-state index in [1.54, 1.807) is 0 Å². The van der Waals surface area contributed by atoms with Crippen LogP contribution in [0.1, 0.15) is 37.3 Å². The molecule has 9 aromatic carbocycles. The summed E-state index contributed by atoms with van der Waals surface area (Å²) in [5, 5.41) is 10.3. The zero-order valence-electron chi connectivity index (χ0n) is 37.1. The van der Waals surface area contributed by atoms with Gasteiger partial charge < -0.3 is 13.3 Å². The van der Waals surface area contributed by atoms with Crippen LogP contribution in [0.3, 0.4) is 0 Å². The van der Waals surface area contributed by atoms with Crippen molar-refractivity contribution < 1.29 is 13.3 Å². The lowest BCUT2D eigenvalue weighted by atomic mass is 9.69. The van der Waals surface area contributed by atoms with Crippen molar-refractivity contribution in [1.82, 2.24) is 4.98 Å². The Morgan fingerprint density at radius 1 is 0.403 bits per heavy atom. The predicted octanol–water partition coefficient (Wildman–Crippen LogP) is 17.9. The Labute approximate surface area is 386 Å². The number of fused-ring (bicyclic) bond motifs is 12. The Balaban J connectivity index is 1.01. The highest BCUT2D eigenvalue weighted by molar-refractivity contribution is 6.25. The minimum absolute atomic E-state index is 0.148. The van der Waals surface area contributed by atoms with Gasteiger partial charge in [-0.1, -0.05) is 147 Å². The third kappa shape index (κ3) is 5.96. The lowest BCUT2D eigenvalue weighted by Crippen LogP contribution is -2.20. The third-order valence-corrected chi connectivity index (χ3v) is 14.7. The van der Waals surface area contributed by atoms with Crippen molar-refractivity contribution in [3.8, 4) is 33.5 Å². The Morgan fingerprint density at radius 2 is 0.940 bits per heavy atom. The summed E-state index contributed by atoms with van der Waals surface area (Å²) in [4.78, 5) is 5.39. The Bertz CT molecular complexity index is 4050. The van der Waals surface area contributed by atoms with Crippen LogP contribution in [0, 0.1) is 11.8 Å². The van der Waals surface area contributed by atoms with E-state index in [1.807, 2.05) is 12.1 Å². The van der Waals surface area contributed by atoms with Crippen LogP contribution in [0.25, 0.3) is 127 Å². The Hall–Kier alpha value is -8.21. The van der Waals surface area contributed by atoms with Crippen molar-refractivity contribution in [3.05, 3.63) is 205 Å². The molecule has 0 saturated carbocycles. The van der Waals surface area contributed by atoms with E-state index >= 15 is 0 Å². The summed E-state index contributed by atoms with van der Waals surface area (Å²) in [6.45, 7) is 4.85. The highest BCUT2D eigenvalue weighted by Gasteiger charge is 2.33. The maximum atomic E-state index is 6.83. The molecule has 3 atom stereocenters. The standard InChI is InChI=1S/C63H43NO3/c1-36-28-48(37(2)49(29-36)62-60-46-18-6-10-20-53(46)64-63(38-14-4-3-5-15-38)52(60)35-59-61(62)47-19-9-13-23-56(47)67-59)43-31-41(39-24-26-57-50(33-39)44-16-7-11-21-54(44)65-57)30-42(32-43)40-25-27-58-51(34-40)45-17-8-12-22-55(45)66-58/h3-27,29-37,48H,28H2,1-2H3. The molecule has 3 unspecified atom stereocenters. The maximum absolute atomic E-state index is 6.83. The fourth-order valence-electron chi connectivity index (χ4n) is 11.5. The second-order valence-electron chi connectivity index (χ2n) is 18.7. The van der Waals surface area contributed by atoms with Crippen LogP contribution in [-0.2, 0) is 0 Å². The van der Waals surface area contributed by atoms with Crippen LogP contribution in [-0.4, -0.2) is 4.98 Å². The predicted molar refractivity (Wildman–Crippen MR) is 277 cm³/mol. The Morgan fingerprint density at radius 3 is 1.60 bits per heavy atom. The van der Waals surface area contributed by atoms with Crippen LogP contribution < -0.4 is 0 Å². The van der Waals surface area contributed by atoms with Gasteiger partial charge in [-0.05, 0) is 124 Å². The monoisotopic (exact) mass is 861 g/mol. The zero-order valence-corrected chi connectivity index (χ0v) is 37.1. The fraction of sp³-hybridized carbons (Fsp3) is 0.0952. The second kappa shape index (κ2) is 14.7. The smallest absolute Gasteiger partial charge is 0.136 e. The van der Waals surface area contributed by atoms with E-state index in [2.05, 4.69) is 196 Å². The number of benzene rings is 9. The molecule has 4 heterocycles. The molecule has 4 nitrogen and oxygen atoms in total. The van der Waals surface area contributed by atoms with Gasteiger partial charge in [-0.15, -0.1) is 0 Å². The maximum Gasteiger partial charge on any atom is 0.136 e. The minimum atomic E-state index is 0.148. The van der Waals surface area contributed by atoms with Gasteiger partial charge in [0, 0.05) is 54.0 Å². The van der Waals surface area contributed by atoms with Gasteiger partial charge in [0.15, 0.2) is 0 Å². The van der Waals surface area contributed by atoms with E-state index in [4.69, 9.17) is 18.2 Å². The number of rotatable bonds is 5. The average molecular weight is 862 g/mol. The lowest BCUT2D eigenvalue weighted by Gasteiger charge is -2.35. The molecule has 0 radical (unpaired) electrons. The fourth-order valence-corrected chi connectivity index (χ4v) is 11.5. The Kier molecular flexibility index (Phi) is 8.33. The summed E-state index contributed by atoms with van der Waals surface area (Å²) < 4.78 is 19.5. The number of para-hydroxylation sites is 4. The van der Waals surface area contributed by atoms with E-state index in [-0.39, 0.29) is 11.8 Å². The molecule has 67 heavy (non-hydrogen) atoms. The number of furan rings is 3. The first kappa shape index (κ1) is 38.1. The van der Waals surface area contributed by atoms with Gasteiger partial charge in [-0.25, -0.2) is 4.98 Å². The first-order valence-electron chi connectivity index (χ1n) is 23.4. The topological polar surface area (TPSA) is 52.3 Å². The number of nitrogens with zero attached hydrogens (tertiary/aromatic N) is 1. The number of hydrogen-bond donors (Lipinski definition) is 0. The first-order chi connectivity index (χ1) is 33.0. The van der Waals surface area contributed by atoms with Crippen molar-refractivity contribution in [1.29, 1.82) is 0 Å². The molecule has 0 aliphatic heterocycles. The molecule has 4 aromatic heterocycles. The molecule has 0 N–H and O–H groups in total. The first-order valence-corrected chi connectivity index (χ1v) is 23.4. The molecule has 0 bridgehead atoms. The minimum Gasteiger partial charge on any atom is -0.456 e. The van der Waals surface area contributed by atoms with Gasteiger partial charge >= 0.3 is 0 Å². The molecule has 14 rings (SSSR count).